The van der Waals surface area contributed by atoms with Gasteiger partial charge in [-0.1, -0.05) is 19.1 Å². The van der Waals surface area contributed by atoms with E-state index >= 15 is 0 Å². The fraction of sp³-hybridized carbons (Fsp3) is 0.400. The molecule has 0 fully saturated rings. The van der Waals surface area contributed by atoms with Crippen molar-refractivity contribution in [2.45, 2.75) is 26.8 Å². The number of carboxylic acids is 1. The van der Waals surface area contributed by atoms with Crippen LogP contribution >= 0.6 is 12.4 Å². The summed E-state index contributed by atoms with van der Waals surface area (Å²) in [7, 11) is 0. The maximum absolute atomic E-state index is 10.9. The number of carbonyl (C=O) groups is 1. The maximum Gasteiger partial charge on any atom is 0.317 e. The number of halogens is 1. The lowest BCUT2D eigenvalue weighted by Crippen LogP contribution is -2.30. The van der Waals surface area contributed by atoms with E-state index in [0.717, 1.165) is 35.4 Å². The Bertz CT molecular complexity index is 619. The molecule has 2 rings (SSSR count). The fourth-order valence-corrected chi connectivity index (χ4v) is 2.21. The smallest absolute Gasteiger partial charge is 0.317 e. The number of aromatic nitrogens is 2. The number of nitrogens with zero attached hydrogens (tertiary/aromatic N) is 3. The molecule has 1 N–H and O–H groups in total. The fourth-order valence-electron chi connectivity index (χ4n) is 2.21. The second kappa shape index (κ2) is 7.90. The molecule has 1 aromatic carbocycles. The predicted molar refractivity (Wildman–Crippen MR) is 84.7 cm³/mol. The third-order valence-electron chi connectivity index (χ3n) is 3.12. The topological polar surface area (TPSA) is 66.3 Å². The number of fused-ring (bicyclic) bond motifs is 1. The van der Waals surface area contributed by atoms with Crippen LogP contribution in [0.2, 0.25) is 0 Å². The largest absolute Gasteiger partial charge is 0.480 e. The van der Waals surface area contributed by atoms with E-state index in [9.17, 15) is 4.79 Å². The first-order chi connectivity index (χ1) is 9.60. The minimum absolute atomic E-state index is 0. The molecule has 0 unspecified atom stereocenters. The number of benzene rings is 1. The lowest BCUT2D eigenvalue weighted by Gasteiger charge is -2.19. The third-order valence-corrected chi connectivity index (χ3v) is 3.12. The van der Waals surface area contributed by atoms with E-state index in [-0.39, 0.29) is 19.0 Å². The van der Waals surface area contributed by atoms with Gasteiger partial charge < -0.3 is 5.11 Å². The van der Waals surface area contributed by atoms with Crippen LogP contribution in [-0.4, -0.2) is 39.0 Å². The van der Waals surface area contributed by atoms with E-state index in [1.54, 1.807) is 0 Å². The molecule has 0 bridgehead atoms. The van der Waals surface area contributed by atoms with Gasteiger partial charge in [0.2, 0.25) is 0 Å². The summed E-state index contributed by atoms with van der Waals surface area (Å²) in [4.78, 5) is 21.9. The molecule has 6 heteroatoms. The summed E-state index contributed by atoms with van der Waals surface area (Å²) in [6.07, 6.45) is 0.910. The van der Waals surface area contributed by atoms with E-state index in [1.165, 1.54) is 0 Å². The summed E-state index contributed by atoms with van der Waals surface area (Å²) < 4.78 is 0. The summed E-state index contributed by atoms with van der Waals surface area (Å²) in [6.45, 7) is 5.24. The van der Waals surface area contributed by atoms with Gasteiger partial charge in [0.1, 0.15) is 0 Å². The predicted octanol–water partition coefficient (Wildman–Crippen LogP) is 2.66. The molecule has 0 radical (unpaired) electrons. The average molecular weight is 310 g/mol. The van der Waals surface area contributed by atoms with E-state index in [2.05, 4.69) is 9.97 Å². The quantitative estimate of drug-likeness (QED) is 0.888. The first kappa shape index (κ1) is 17.3. The Morgan fingerprint density at radius 3 is 2.43 bits per heavy atom. The molecule has 114 valence electrons. The SMILES string of the molecule is CCCN(CC(=O)O)Cc1nc2ccccc2nc1C.Cl. The van der Waals surface area contributed by atoms with Gasteiger partial charge in [-0.05, 0) is 32.0 Å². The minimum Gasteiger partial charge on any atom is -0.480 e. The molecule has 0 atom stereocenters. The van der Waals surface area contributed by atoms with Crippen molar-refractivity contribution >= 4 is 29.4 Å². The van der Waals surface area contributed by atoms with Gasteiger partial charge in [-0.2, -0.15) is 0 Å². The van der Waals surface area contributed by atoms with Crippen LogP contribution in [0.25, 0.3) is 11.0 Å². The summed E-state index contributed by atoms with van der Waals surface area (Å²) in [5.41, 5.74) is 3.42. The van der Waals surface area contributed by atoms with E-state index in [1.807, 2.05) is 43.0 Å². The van der Waals surface area contributed by atoms with Crippen molar-refractivity contribution < 1.29 is 9.90 Å². The van der Waals surface area contributed by atoms with Gasteiger partial charge in [0.25, 0.3) is 0 Å². The van der Waals surface area contributed by atoms with Gasteiger partial charge in [0.15, 0.2) is 0 Å². The Hall–Kier alpha value is -1.72. The molecule has 0 aliphatic rings. The Labute approximate surface area is 130 Å². The highest BCUT2D eigenvalue weighted by atomic mass is 35.5. The average Bonchev–Trinajstić information content (AvgIpc) is 2.39. The lowest BCUT2D eigenvalue weighted by atomic mass is 10.2. The molecular weight excluding hydrogens is 290 g/mol. The van der Waals surface area contributed by atoms with Crippen LogP contribution in [0.5, 0.6) is 0 Å². The Morgan fingerprint density at radius 1 is 1.24 bits per heavy atom. The van der Waals surface area contributed by atoms with E-state index < -0.39 is 5.97 Å². The number of hydrogen-bond donors (Lipinski definition) is 1. The van der Waals surface area contributed by atoms with Gasteiger partial charge >= 0.3 is 5.97 Å². The van der Waals surface area contributed by atoms with E-state index in [0.29, 0.717) is 6.54 Å². The zero-order valence-corrected chi connectivity index (χ0v) is 13.1. The Balaban J connectivity index is 0.00000220. The normalized spacial score (nSPS) is 10.6. The minimum atomic E-state index is -0.815. The molecule has 21 heavy (non-hydrogen) atoms. The number of para-hydroxylation sites is 2. The van der Waals surface area contributed by atoms with Crippen LogP contribution in [0.1, 0.15) is 24.7 Å². The molecule has 0 aliphatic heterocycles. The van der Waals surface area contributed by atoms with Crippen LogP contribution in [0.4, 0.5) is 0 Å². The highest BCUT2D eigenvalue weighted by Crippen LogP contribution is 2.14. The molecule has 1 heterocycles. The van der Waals surface area contributed by atoms with Crippen LogP contribution in [-0.2, 0) is 11.3 Å². The Morgan fingerprint density at radius 2 is 1.86 bits per heavy atom. The van der Waals surface area contributed by atoms with Gasteiger partial charge in [0.05, 0.1) is 29.0 Å². The molecule has 0 amide bonds. The van der Waals surface area contributed by atoms with Crippen molar-refractivity contribution in [3.05, 3.63) is 35.7 Å². The van der Waals surface area contributed by atoms with Crippen molar-refractivity contribution in [1.29, 1.82) is 0 Å². The monoisotopic (exact) mass is 309 g/mol. The summed E-state index contributed by atoms with van der Waals surface area (Å²) in [5, 5.41) is 8.95. The second-order valence-corrected chi connectivity index (χ2v) is 4.85. The standard InChI is InChI=1S/C15H19N3O2.ClH/c1-3-8-18(10-15(19)20)9-14-11(2)16-12-6-4-5-7-13(12)17-14;/h4-7H,3,8-10H2,1-2H3,(H,19,20);1H. The molecule has 0 saturated heterocycles. The molecule has 2 aromatic rings. The zero-order valence-electron chi connectivity index (χ0n) is 12.2. The summed E-state index contributed by atoms with van der Waals surface area (Å²) >= 11 is 0. The number of carboxylic acid groups (broad SMARTS) is 1. The number of aryl methyl sites for hydroxylation is 1. The lowest BCUT2D eigenvalue weighted by molar-refractivity contribution is -0.138. The molecule has 5 nitrogen and oxygen atoms in total. The van der Waals surface area contributed by atoms with Gasteiger partial charge in [-0.3, -0.25) is 9.69 Å². The van der Waals surface area contributed by atoms with Crippen LogP contribution in [0.3, 0.4) is 0 Å². The molecule has 0 aliphatic carbocycles. The summed E-state index contributed by atoms with van der Waals surface area (Å²) in [6, 6.07) is 7.72. The highest BCUT2D eigenvalue weighted by molar-refractivity contribution is 5.85. The van der Waals surface area contributed by atoms with Crippen LogP contribution < -0.4 is 0 Å². The van der Waals surface area contributed by atoms with Gasteiger partial charge in [-0.15, -0.1) is 12.4 Å². The van der Waals surface area contributed by atoms with Crippen molar-refractivity contribution in [3.8, 4) is 0 Å². The van der Waals surface area contributed by atoms with Crippen molar-refractivity contribution in [1.82, 2.24) is 14.9 Å². The van der Waals surface area contributed by atoms with Gasteiger partial charge in [0, 0.05) is 6.54 Å². The van der Waals surface area contributed by atoms with Crippen molar-refractivity contribution in [2.24, 2.45) is 0 Å². The Kier molecular flexibility index (Phi) is 6.52. The molecule has 0 spiro atoms. The van der Waals surface area contributed by atoms with Gasteiger partial charge in [-0.25, -0.2) is 9.97 Å². The molecular formula is C15H20ClN3O2. The highest BCUT2D eigenvalue weighted by Gasteiger charge is 2.13. The number of aliphatic carboxylic acids is 1. The number of rotatable bonds is 6. The zero-order chi connectivity index (χ0) is 14.5. The van der Waals surface area contributed by atoms with Crippen molar-refractivity contribution in [2.75, 3.05) is 13.1 Å². The van der Waals surface area contributed by atoms with Crippen LogP contribution in [0, 0.1) is 6.92 Å². The molecule has 1 aromatic heterocycles. The maximum atomic E-state index is 10.9. The van der Waals surface area contributed by atoms with Crippen molar-refractivity contribution in [3.63, 3.8) is 0 Å². The van der Waals surface area contributed by atoms with Crippen LogP contribution in [0.15, 0.2) is 24.3 Å². The summed E-state index contributed by atoms with van der Waals surface area (Å²) in [5.74, 6) is -0.815. The first-order valence-corrected chi connectivity index (χ1v) is 6.76. The first-order valence-electron chi connectivity index (χ1n) is 6.76. The third kappa shape index (κ3) is 4.65. The van der Waals surface area contributed by atoms with E-state index in [4.69, 9.17) is 5.11 Å². The molecule has 0 saturated carbocycles. The number of hydrogen-bond acceptors (Lipinski definition) is 4. The second-order valence-electron chi connectivity index (χ2n) is 4.85.